The molecule has 2 unspecified atom stereocenters. The van der Waals surface area contributed by atoms with Gasteiger partial charge in [-0.2, -0.15) is 13.2 Å². The van der Waals surface area contributed by atoms with Gasteiger partial charge < -0.3 is 5.32 Å². The standard InChI is InChI=1S/C12H21F3N2/c1-9-7-16-11(2,10-3-4-10)8-17(9)6-5-12(13,14)15/h9-10,16H,3-8H2,1-2H3. The summed E-state index contributed by atoms with van der Waals surface area (Å²) in [7, 11) is 0. The average Bonchev–Trinajstić information content (AvgIpc) is 3.02. The maximum absolute atomic E-state index is 12.3. The number of halogens is 3. The first-order valence-electron chi connectivity index (χ1n) is 6.36. The van der Waals surface area contributed by atoms with Gasteiger partial charge in [-0.05, 0) is 32.6 Å². The van der Waals surface area contributed by atoms with E-state index in [0.717, 1.165) is 13.1 Å². The van der Waals surface area contributed by atoms with Crippen LogP contribution in [-0.2, 0) is 0 Å². The van der Waals surface area contributed by atoms with Crippen LogP contribution >= 0.6 is 0 Å². The molecule has 0 amide bonds. The molecule has 2 atom stereocenters. The predicted octanol–water partition coefficient (Wildman–Crippen LogP) is 2.40. The molecule has 2 fully saturated rings. The van der Waals surface area contributed by atoms with Crippen molar-refractivity contribution in [3.05, 3.63) is 0 Å². The van der Waals surface area contributed by atoms with Crippen LogP contribution in [0.1, 0.15) is 33.1 Å². The predicted molar refractivity (Wildman–Crippen MR) is 60.8 cm³/mol. The molecule has 2 rings (SSSR count). The van der Waals surface area contributed by atoms with Crippen LogP contribution in [-0.4, -0.2) is 42.3 Å². The van der Waals surface area contributed by atoms with Crippen molar-refractivity contribution in [2.75, 3.05) is 19.6 Å². The van der Waals surface area contributed by atoms with Gasteiger partial charge in [0.05, 0.1) is 6.42 Å². The van der Waals surface area contributed by atoms with Gasteiger partial charge in [0.1, 0.15) is 0 Å². The lowest BCUT2D eigenvalue weighted by molar-refractivity contribution is -0.140. The number of rotatable bonds is 3. The minimum Gasteiger partial charge on any atom is -0.308 e. The Kier molecular flexibility index (Phi) is 3.42. The van der Waals surface area contributed by atoms with E-state index in [-0.39, 0.29) is 18.1 Å². The van der Waals surface area contributed by atoms with Gasteiger partial charge >= 0.3 is 6.18 Å². The number of hydrogen-bond acceptors (Lipinski definition) is 2. The number of alkyl halides is 3. The van der Waals surface area contributed by atoms with Crippen molar-refractivity contribution in [1.82, 2.24) is 10.2 Å². The van der Waals surface area contributed by atoms with Crippen molar-refractivity contribution in [2.45, 2.75) is 50.9 Å². The fourth-order valence-corrected chi connectivity index (χ4v) is 2.71. The quantitative estimate of drug-likeness (QED) is 0.827. The van der Waals surface area contributed by atoms with Crippen LogP contribution < -0.4 is 5.32 Å². The second kappa shape index (κ2) is 4.43. The largest absolute Gasteiger partial charge is 0.390 e. The molecule has 0 aromatic rings. The topological polar surface area (TPSA) is 15.3 Å². The molecule has 1 N–H and O–H groups in total. The van der Waals surface area contributed by atoms with Gasteiger partial charge in [0.2, 0.25) is 0 Å². The number of nitrogens with one attached hydrogen (secondary N) is 1. The van der Waals surface area contributed by atoms with Crippen molar-refractivity contribution in [2.24, 2.45) is 5.92 Å². The van der Waals surface area contributed by atoms with Crippen LogP contribution in [0.15, 0.2) is 0 Å². The highest BCUT2D eigenvalue weighted by molar-refractivity contribution is 5.03. The van der Waals surface area contributed by atoms with Crippen LogP contribution in [0.25, 0.3) is 0 Å². The molecule has 0 spiro atoms. The Labute approximate surface area is 101 Å². The first-order chi connectivity index (χ1) is 7.80. The zero-order valence-electron chi connectivity index (χ0n) is 10.5. The molecule has 0 aromatic carbocycles. The Morgan fingerprint density at radius 1 is 1.35 bits per heavy atom. The second-order valence-electron chi connectivity index (χ2n) is 5.76. The van der Waals surface area contributed by atoms with Gasteiger partial charge in [0.15, 0.2) is 0 Å². The summed E-state index contributed by atoms with van der Waals surface area (Å²) < 4.78 is 36.8. The highest BCUT2D eigenvalue weighted by Crippen LogP contribution is 2.41. The Bertz CT molecular complexity index is 275. The summed E-state index contributed by atoms with van der Waals surface area (Å²) in [6, 6.07) is 0.198. The molecule has 1 aliphatic heterocycles. The van der Waals surface area contributed by atoms with Gasteiger partial charge in [-0.15, -0.1) is 0 Å². The average molecular weight is 250 g/mol. The molecular formula is C12H21F3N2. The minimum absolute atomic E-state index is 0.0259. The normalized spacial score (nSPS) is 36.2. The molecule has 1 saturated carbocycles. The molecule has 5 heteroatoms. The Balaban J connectivity index is 1.90. The maximum Gasteiger partial charge on any atom is 0.390 e. The SMILES string of the molecule is CC1CNC(C)(C2CC2)CN1CCC(F)(F)F. The minimum atomic E-state index is -4.04. The second-order valence-corrected chi connectivity index (χ2v) is 5.76. The Hall–Kier alpha value is -0.290. The molecule has 0 radical (unpaired) electrons. The molecule has 1 aliphatic carbocycles. The van der Waals surface area contributed by atoms with Crippen LogP contribution in [0.2, 0.25) is 0 Å². The van der Waals surface area contributed by atoms with Crippen LogP contribution in [0.4, 0.5) is 13.2 Å². The Morgan fingerprint density at radius 2 is 2.00 bits per heavy atom. The lowest BCUT2D eigenvalue weighted by Gasteiger charge is -2.45. The van der Waals surface area contributed by atoms with E-state index in [2.05, 4.69) is 12.2 Å². The smallest absolute Gasteiger partial charge is 0.308 e. The summed E-state index contributed by atoms with van der Waals surface area (Å²) in [5, 5.41) is 3.51. The van der Waals surface area contributed by atoms with Crippen molar-refractivity contribution < 1.29 is 13.2 Å². The molecule has 2 nitrogen and oxygen atoms in total. The molecule has 0 aromatic heterocycles. The zero-order valence-corrected chi connectivity index (χ0v) is 10.5. The van der Waals surface area contributed by atoms with E-state index in [4.69, 9.17) is 0 Å². The summed E-state index contributed by atoms with van der Waals surface area (Å²) >= 11 is 0. The van der Waals surface area contributed by atoms with Gasteiger partial charge in [-0.1, -0.05) is 0 Å². The molecule has 2 aliphatic rings. The number of hydrogen-bond donors (Lipinski definition) is 1. The van der Waals surface area contributed by atoms with E-state index in [1.54, 1.807) is 0 Å². The summed E-state index contributed by atoms with van der Waals surface area (Å²) in [5.41, 5.74) is 0.0259. The van der Waals surface area contributed by atoms with E-state index in [9.17, 15) is 13.2 Å². The zero-order chi connectivity index (χ0) is 12.7. The highest BCUT2D eigenvalue weighted by Gasteiger charge is 2.45. The molecule has 17 heavy (non-hydrogen) atoms. The molecule has 1 saturated heterocycles. The molecule has 1 heterocycles. The Morgan fingerprint density at radius 3 is 2.53 bits per heavy atom. The van der Waals surface area contributed by atoms with Crippen LogP contribution in [0, 0.1) is 5.92 Å². The van der Waals surface area contributed by atoms with Gasteiger partial charge in [0.25, 0.3) is 0 Å². The van der Waals surface area contributed by atoms with E-state index in [1.807, 2.05) is 11.8 Å². The van der Waals surface area contributed by atoms with E-state index < -0.39 is 12.6 Å². The van der Waals surface area contributed by atoms with Crippen LogP contribution in [0.5, 0.6) is 0 Å². The number of piperazine rings is 1. The van der Waals surface area contributed by atoms with E-state index >= 15 is 0 Å². The van der Waals surface area contributed by atoms with Crippen molar-refractivity contribution in [3.8, 4) is 0 Å². The maximum atomic E-state index is 12.3. The number of nitrogens with zero attached hydrogens (tertiary/aromatic N) is 1. The van der Waals surface area contributed by atoms with Crippen molar-refractivity contribution in [1.29, 1.82) is 0 Å². The molecule has 0 bridgehead atoms. The summed E-state index contributed by atoms with van der Waals surface area (Å²) in [6.07, 6.45) is -2.31. The van der Waals surface area contributed by atoms with Crippen molar-refractivity contribution in [3.63, 3.8) is 0 Å². The lowest BCUT2D eigenvalue weighted by atomic mass is 9.91. The first kappa shape index (κ1) is 13.1. The monoisotopic (exact) mass is 250 g/mol. The fourth-order valence-electron chi connectivity index (χ4n) is 2.71. The molecule has 100 valence electrons. The first-order valence-corrected chi connectivity index (χ1v) is 6.36. The fraction of sp³-hybridized carbons (Fsp3) is 1.00. The van der Waals surface area contributed by atoms with Gasteiger partial charge in [-0.3, -0.25) is 4.90 Å². The third-order valence-electron chi connectivity index (χ3n) is 4.12. The van der Waals surface area contributed by atoms with Gasteiger partial charge in [-0.25, -0.2) is 0 Å². The third kappa shape index (κ3) is 3.35. The highest BCUT2D eigenvalue weighted by atomic mass is 19.4. The lowest BCUT2D eigenvalue weighted by Crippen LogP contribution is -2.63. The third-order valence-corrected chi connectivity index (χ3v) is 4.12. The summed E-state index contributed by atoms with van der Waals surface area (Å²) in [4.78, 5) is 1.99. The molecular weight excluding hydrogens is 229 g/mol. The summed E-state index contributed by atoms with van der Waals surface area (Å²) in [5.74, 6) is 0.656. The van der Waals surface area contributed by atoms with E-state index in [1.165, 1.54) is 12.8 Å². The van der Waals surface area contributed by atoms with Gasteiger partial charge in [0, 0.05) is 31.2 Å². The van der Waals surface area contributed by atoms with Crippen LogP contribution in [0.3, 0.4) is 0 Å². The van der Waals surface area contributed by atoms with E-state index in [0.29, 0.717) is 5.92 Å². The van der Waals surface area contributed by atoms with Crippen molar-refractivity contribution >= 4 is 0 Å². The summed E-state index contributed by atoms with van der Waals surface area (Å²) in [6.45, 7) is 5.82.